The van der Waals surface area contributed by atoms with Crippen molar-refractivity contribution in [2.45, 2.75) is 25.7 Å². The van der Waals surface area contributed by atoms with Crippen LogP contribution in [0, 0.1) is 0 Å². The van der Waals surface area contributed by atoms with Crippen LogP contribution in [0.5, 0.6) is 5.88 Å². The number of carbonyl (C=O) groups is 1. The van der Waals surface area contributed by atoms with Gasteiger partial charge in [0.05, 0.1) is 18.8 Å². The van der Waals surface area contributed by atoms with Gasteiger partial charge < -0.3 is 14.4 Å². The molecular formula is C22H26F3N3O3. The van der Waals surface area contributed by atoms with Crippen LogP contribution in [0.2, 0.25) is 0 Å². The van der Waals surface area contributed by atoms with E-state index < -0.39 is 12.8 Å². The standard InChI is InChI=1S/C22H26F3N3O3/c1-17(14-27-9-11-30-12-10-27)28(15-18-5-3-2-4-6-18)21(29)19-7-8-20(26-13-19)31-16-22(23,24)25/h2-8,13,17H,9-12,14-16H2,1H3. The molecular weight excluding hydrogens is 411 g/mol. The SMILES string of the molecule is CC(CN1CCOCC1)N(Cc1ccccc1)C(=O)c1ccc(OCC(F)(F)F)nc1. The lowest BCUT2D eigenvalue weighted by molar-refractivity contribution is -0.154. The molecule has 1 aliphatic rings. The first-order valence-electron chi connectivity index (χ1n) is 10.1. The van der Waals surface area contributed by atoms with Gasteiger partial charge in [-0.3, -0.25) is 9.69 Å². The van der Waals surface area contributed by atoms with E-state index in [0.717, 1.165) is 18.7 Å². The summed E-state index contributed by atoms with van der Waals surface area (Å²) in [4.78, 5) is 21.2. The fraction of sp³-hybridized carbons (Fsp3) is 0.455. The Bertz CT molecular complexity index is 825. The van der Waals surface area contributed by atoms with Crippen molar-refractivity contribution in [1.29, 1.82) is 0 Å². The zero-order valence-corrected chi connectivity index (χ0v) is 17.3. The molecule has 1 aliphatic heterocycles. The van der Waals surface area contributed by atoms with E-state index >= 15 is 0 Å². The molecule has 6 nitrogen and oxygen atoms in total. The molecule has 1 amide bonds. The predicted molar refractivity (Wildman–Crippen MR) is 109 cm³/mol. The van der Waals surface area contributed by atoms with Gasteiger partial charge in [0.25, 0.3) is 5.91 Å². The molecule has 2 aromatic rings. The van der Waals surface area contributed by atoms with Crippen molar-refractivity contribution in [3.8, 4) is 5.88 Å². The molecule has 0 N–H and O–H groups in total. The second-order valence-electron chi connectivity index (χ2n) is 7.47. The molecule has 1 aromatic heterocycles. The summed E-state index contributed by atoms with van der Waals surface area (Å²) in [6.45, 7) is 4.63. The Morgan fingerprint density at radius 2 is 1.90 bits per heavy atom. The minimum Gasteiger partial charge on any atom is -0.468 e. The van der Waals surface area contributed by atoms with Crippen molar-refractivity contribution in [3.63, 3.8) is 0 Å². The third-order valence-corrected chi connectivity index (χ3v) is 4.98. The van der Waals surface area contributed by atoms with Gasteiger partial charge in [-0.15, -0.1) is 0 Å². The number of pyridine rings is 1. The minimum atomic E-state index is -4.45. The fourth-order valence-electron chi connectivity index (χ4n) is 3.38. The van der Waals surface area contributed by atoms with Crippen molar-refractivity contribution >= 4 is 5.91 Å². The average molecular weight is 437 g/mol. The number of nitrogens with zero attached hydrogens (tertiary/aromatic N) is 3. The molecule has 0 bridgehead atoms. The van der Waals surface area contributed by atoms with E-state index in [1.54, 1.807) is 4.90 Å². The monoisotopic (exact) mass is 437 g/mol. The van der Waals surface area contributed by atoms with E-state index in [1.807, 2.05) is 37.3 Å². The topological polar surface area (TPSA) is 54.9 Å². The Morgan fingerprint density at radius 3 is 2.52 bits per heavy atom. The van der Waals surface area contributed by atoms with Crippen LogP contribution in [0.4, 0.5) is 13.2 Å². The maximum Gasteiger partial charge on any atom is 0.422 e. The Hall–Kier alpha value is -2.65. The fourth-order valence-corrected chi connectivity index (χ4v) is 3.38. The number of morpholine rings is 1. The first kappa shape index (κ1) is 23.0. The van der Waals surface area contributed by atoms with Crippen molar-refractivity contribution in [3.05, 3.63) is 59.8 Å². The largest absolute Gasteiger partial charge is 0.468 e. The molecule has 9 heteroatoms. The molecule has 0 radical (unpaired) electrons. The molecule has 1 aromatic carbocycles. The number of carbonyl (C=O) groups excluding carboxylic acids is 1. The van der Waals surface area contributed by atoms with E-state index in [4.69, 9.17) is 4.74 Å². The second-order valence-corrected chi connectivity index (χ2v) is 7.47. The van der Waals surface area contributed by atoms with Gasteiger partial charge in [-0.05, 0) is 18.6 Å². The lowest BCUT2D eigenvalue weighted by Gasteiger charge is -2.35. The van der Waals surface area contributed by atoms with E-state index in [0.29, 0.717) is 31.9 Å². The third kappa shape index (κ3) is 7.22. The molecule has 168 valence electrons. The number of aromatic nitrogens is 1. The summed E-state index contributed by atoms with van der Waals surface area (Å²) < 4.78 is 47.0. The molecule has 0 saturated carbocycles. The number of ether oxygens (including phenoxy) is 2. The highest BCUT2D eigenvalue weighted by molar-refractivity contribution is 5.94. The zero-order valence-electron chi connectivity index (χ0n) is 17.3. The van der Waals surface area contributed by atoms with Crippen LogP contribution < -0.4 is 4.74 Å². The van der Waals surface area contributed by atoms with Gasteiger partial charge in [-0.2, -0.15) is 13.2 Å². The molecule has 1 atom stereocenters. The molecule has 31 heavy (non-hydrogen) atoms. The molecule has 0 aliphatic carbocycles. The Labute approximate surface area is 179 Å². The van der Waals surface area contributed by atoms with Gasteiger partial charge in [-0.25, -0.2) is 4.98 Å². The summed E-state index contributed by atoms with van der Waals surface area (Å²) in [6, 6.07) is 12.3. The zero-order chi connectivity index (χ0) is 22.3. The summed E-state index contributed by atoms with van der Waals surface area (Å²) in [5.74, 6) is -0.413. The highest BCUT2D eigenvalue weighted by Crippen LogP contribution is 2.19. The number of alkyl halides is 3. The highest BCUT2D eigenvalue weighted by atomic mass is 19.4. The third-order valence-electron chi connectivity index (χ3n) is 4.98. The van der Waals surface area contributed by atoms with Crippen molar-refractivity contribution in [2.75, 3.05) is 39.5 Å². The van der Waals surface area contributed by atoms with E-state index in [2.05, 4.69) is 14.6 Å². The first-order chi connectivity index (χ1) is 14.8. The summed E-state index contributed by atoms with van der Waals surface area (Å²) in [5.41, 5.74) is 1.28. The van der Waals surface area contributed by atoms with Crippen molar-refractivity contribution in [2.24, 2.45) is 0 Å². The lowest BCUT2D eigenvalue weighted by atomic mass is 10.1. The quantitative estimate of drug-likeness (QED) is 0.634. The first-order valence-corrected chi connectivity index (χ1v) is 10.1. The van der Waals surface area contributed by atoms with Crippen LogP contribution in [0.1, 0.15) is 22.8 Å². The molecule has 1 saturated heterocycles. The summed E-state index contributed by atoms with van der Waals surface area (Å²) >= 11 is 0. The maximum absolute atomic E-state index is 13.3. The number of halogens is 3. The number of benzene rings is 1. The molecule has 1 unspecified atom stereocenters. The predicted octanol–water partition coefficient (Wildman–Crippen LogP) is 3.39. The second kappa shape index (κ2) is 10.6. The van der Waals surface area contributed by atoms with Crippen LogP contribution in [0.15, 0.2) is 48.7 Å². The number of rotatable bonds is 8. The molecule has 2 heterocycles. The molecule has 3 rings (SSSR count). The number of hydrogen-bond acceptors (Lipinski definition) is 5. The van der Waals surface area contributed by atoms with E-state index in [-0.39, 0.29) is 17.8 Å². The van der Waals surface area contributed by atoms with Crippen LogP contribution >= 0.6 is 0 Å². The lowest BCUT2D eigenvalue weighted by Crippen LogP contribution is -2.48. The Balaban J connectivity index is 1.73. The van der Waals surface area contributed by atoms with E-state index in [9.17, 15) is 18.0 Å². The highest BCUT2D eigenvalue weighted by Gasteiger charge is 2.29. The summed E-state index contributed by atoms with van der Waals surface area (Å²) in [5, 5.41) is 0. The Kier molecular flexibility index (Phi) is 7.86. The van der Waals surface area contributed by atoms with Crippen molar-refractivity contribution < 1.29 is 27.4 Å². The normalized spacial score (nSPS) is 16.0. The minimum absolute atomic E-state index is 0.0908. The van der Waals surface area contributed by atoms with Crippen LogP contribution in [-0.2, 0) is 11.3 Å². The smallest absolute Gasteiger partial charge is 0.422 e. The summed E-state index contributed by atoms with van der Waals surface area (Å²) in [7, 11) is 0. The van der Waals surface area contributed by atoms with Gasteiger partial charge in [0.15, 0.2) is 6.61 Å². The molecule has 1 fully saturated rings. The van der Waals surface area contributed by atoms with Gasteiger partial charge >= 0.3 is 6.18 Å². The molecule has 0 spiro atoms. The maximum atomic E-state index is 13.3. The van der Waals surface area contributed by atoms with Gasteiger partial charge in [0.2, 0.25) is 5.88 Å². The van der Waals surface area contributed by atoms with Crippen LogP contribution in [0.3, 0.4) is 0 Å². The van der Waals surface area contributed by atoms with Gasteiger partial charge in [-0.1, -0.05) is 30.3 Å². The van der Waals surface area contributed by atoms with Crippen LogP contribution in [0.25, 0.3) is 0 Å². The number of amides is 1. The van der Waals surface area contributed by atoms with E-state index in [1.165, 1.54) is 18.3 Å². The van der Waals surface area contributed by atoms with Gasteiger partial charge in [0.1, 0.15) is 0 Å². The average Bonchev–Trinajstić information content (AvgIpc) is 2.77. The van der Waals surface area contributed by atoms with Gasteiger partial charge in [0, 0.05) is 44.5 Å². The van der Waals surface area contributed by atoms with Crippen LogP contribution in [-0.4, -0.2) is 72.4 Å². The van der Waals surface area contributed by atoms with Crippen molar-refractivity contribution in [1.82, 2.24) is 14.8 Å². The Morgan fingerprint density at radius 1 is 1.19 bits per heavy atom. The summed E-state index contributed by atoms with van der Waals surface area (Å²) in [6.07, 6.45) is -3.19. The number of hydrogen-bond donors (Lipinski definition) is 0.